The molecule has 3 rings (SSSR count). The lowest BCUT2D eigenvalue weighted by Crippen LogP contribution is -2.33. The average molecular weight is 301 g/mol. The van der Waals surface area contributed by atoms with Crippen LogP contribution in [0.5, 0.6) is 0 Å². The summed E-state index contributed by atoms with van der Waals surface area (Å²) >= 11 is 4.18. The van der Waals surface area contributed by atoms with Crippen molar-refractivity contribution in [3.05, 3.63) is 65.0 Å². The number of fused-ring (bicyclic) bond motifs is 1. The Morgan fingerprint density at radius 2 is 1.67 bits per heavy atom. The first-order chi connectivity index (χ1) is 10.1. The van der Waals surface area contributed by atoms with Crippen molar-refractivity contribution in [1.29, 1.82) is 0 Å². The first-order valence-electron chi connectivity index (χ1n) is 7.00. The fraction of sp³-hybridized carbons (Fsp3) is 0.235. The average Bonchev–Trinajstić information content (AvgIpc) is 2.71. The van der Waals surface area contributed by atoms with Crippen LogP contribution < -0.4 is 0 Å². The maximum atomic E-state index is 13.9. The monoisotopic (exact) mass is 301 g/mol. The predicted octanol–water partition coefficient (Wildman–Crippen LogP) is 3.36. The Kier molecular flexibility index (Phi) is 3.97. The third-order valence-electron chi connectivity index (χ3n) is 3.89. The molecule has 1 amide bonds. The highest BCUT2D eigenvalue weighted by Crippen LogP contribution is 2.19. The number of nitrogens with zero attached hydrogens (tertiary/aromatic N) is 1. The number of hydrogen-bond acceptors (Lipinski definition) is 2. The number of amides is 1. The third-order valence-corrected chi connectivity index (χ3v) is 4.17. The van der Waals surface area contributed by atoms with Gasteiger partial charge in [-0.3, -0.25) is 4.79 Å². The lowest BCUT2D eigenvalue weighted by Gasteiger charge is -2.20. The van der Waals surface area contributed by atoms with E-state index in [0.717, 1.165) is 12.8 Å². The molecule has 0 atom stereocenters. The molecule has 1 heterocycles. The van der Waals surface area contributed by atoms with E-state index in [-0.39, 0.29) is 11.5 Å². The van der Waals surface area contributed by atoms with Crippen molar-refractivity contribution in [2.45, 2.75) is 17.7 Å². The first-order valence-corrected chi connectivity index (χ1v) is 7.44. The standard InChI is InChI=1S/C17H16FNOS/c18-16-6-5-14(21)11-15(16)17(20)19-9-7-12-3-1-2-4-13(12)8-10-19/h1-6,11,21H,7-10H2. The molecule has 108 valence electrons. The van der Waals surface area contributed by atoms with Gasteiger partial charge < -0.3 is 4.90 Å². The summed E-state index contributed by atoms with van der Waals surface area (Å²) in [7, 11) is 0. The maximum Gasteiger partial charge on any atom is 0.256 e. The molecule has 21 heavy (non-hydrogen) atoms. The number of carbonyl (C=O) groups excluding carboxylic acids is 1. The van der Waals surface area contributed by atoms with Crippen LogP contribution in [0.2, 0.25) is 0 Å². The van der Waals surface area contributed by atoms with E-state index in [1.165, 1.54) is 23.3 Å². The SMILES string of the molecule is O=C(c1cc(S)ccc1F)N1CCc2ccccc2CC1. The fourth-order valence-electron chi connectivity index (χ4n) is 2.72. The summed E-state index contributed by atoms with van der Waals surface area (Å²) in [4.78, 5) is 14.9. The Hall–Kier alpha value is -1.81. The second-order valence-electron chi connectivity index (χ2n) is 5.23. The van der Waals surface area contributed by atoms with Crippen LogP contribution in [0.4, 0.5) is 4.39 Å². The van der Waals surface area contributed by atoms with Crippen LogP contribution in [0.25, 0.3) is 0 Å². The van der Waals surface area contributed by atoms with Gasteiger partial charge in [0.2, 0.25) is 0 Å². The Morgan fingerprint density at radius 1 is 1.05 bits per heavy atom. The Morgan fingerprint density at radius 3 is 2.29 bits per heavy atom. The zero-order valence-corrected chi connectivity index (χ0v) is 12.4. The molecule has 0 radical (unpaired) electrons. The lowest BCUT2D eigenvalue weighted by molar-refractivity contribution is 0.0758. The second-order valence-corrected chi connectivity index (χ2v) is 5.74. The molecule has 0 aromatic heterocycles. The molecule has 0 saturated carbocycles. The molecule has 0 saturated heterocycles. The summed E-state index contributed by atoms with van der Waals surface area (Å²) in [5, 5.41) is 0. The van der Waals surface area contributed by atoms with Crippen molar-refractivity contribution in [3.8, 4) is 0 Å². The largest absolute Gasteiger partial charge is 0.338 e. The third kappa shape index (κ3) is 2.95. The van der Waals surface area contributed by atoms with E-state index in [2.05, 4.69) is 24.8 Å². The molecule has 2 aromatic rings. The van der Waals surface area contributed by atoms with Crippen LogP contribution >= 0.6 is 12.6 Å². The zero-order valence-electron chi connectivity index (χ0n) is 11.6. The van der Waals surface area contributed by atoms with Gasteiger partial charge in [-0.1, -0.05) is 24.3 Å². The second kappa shape index (κ2) is 5.90. The van der Waals surface area contributed by atoms with Crippen molar-refractivity contribution in [3.63, 3.8) is 0 Å². The Labute approximate surface area is 129 Å². The van der Waals surface area contributed by atoms with E-state index >= 15 is 0 Å². The van der Waals surface area contributed by atoms with Gasteiger partial charge in [0.15, 0.2) is 0 Å². The van der Waals surface area contributed by atoms with Gasteiger partial charge in [0.25, 0.3) is 5.91 Å². The van der Waals surface area contributed by atoms with Crippen molar-refractivity contribution in [1.82, 2.24) is 4.90 Å². The normalized spacial score (nSPS) is 14.5. The highest BCUT2D eigenvalue weighted by Gasteiger charge is 2.22. The molecular formula is C17H16FNOS. The van der Waals surface area contributed by atoms with Crippen molar-refractivity contribution in [2.75, 3.05) is 13.1 Å². The number of hydrogen-bond donors (Lipinski definition) is 1. The minimum atomic E-state index is -0.487. The van der Waals surface area contributed by atoms with Crippen LogP contribution in [0.3, 0.4) is 0 Å². The number of benzene rings is 2. The van der Waals surface area contributed by atoms with E-state index in [9.17, 15) is 9.18 Å². The minimum absolute atomic E-state index is 0.105. The quantitative estimate of drug-likeness (QED) is 0.801. The van der Waals surface area contributed by atoms with E-state index in [0.29, 0.717) is 18.0 Å². The molecule has 1 aliphatic rings. The highest BCUT2D eigenvalue weighted by atomic mass is 32.1. The van der Waals surface area contributed by atoms with E-state index in [4.69, 9.17) is 0 Å². The van der Waals surface area contributed by atoms with E-state index in [1.807, 2.05) is 12.1 Å². The van der Waals surface area contributed by atoms with Crippen LogP contribution in [-0.2, 0) is 12.8 Å². The highest BCUT2D eigenvalue weighted by molar-refractivity contribution is 7.80. The smallest absolute Gasteiger partial charge is 0.256 e. The van der Waals surface area contributed by atoms with Gasteiger partial charge in [-0.2, -0.15) is 0 Å². The molecule has 0 spiro atoms. The molecule has 1 aliphatic heterocycles. The van der Waals surface area contributed by atoms with Gasteiger partial charge >= 0.3 is 0 Å². The van der Waals surface area contributed by atoms with Crippen molar-refractivity contribution >= 4 is 18.5 Å². The van der Waals surface area contributed by atoms with Gasteiger partial charge in [-0.05, 0) is 42.2 Å². The Bertz CT molecular complexity index is 659. The number of thiol groups is 1. The van der Waals surface area contributed by atoms with Gasteiger partial charge in [0.1, 0.15) is 5.82 Å². The van der Waals surface area contributed by atoms with Gasteiger partial charge in [0.05, 0.1) is 5.56 Å². The summed E-state index contributed by atoms with van der Waals surface area (Å²) in [5.41, 5.74) is 2.65. The van der Waals surface area contributed by atoms with Crippen LogP contribution in [0.15, 0.2) is 47.4 Å². The van der Waals surface area contributed by atoms with Crippen molar-refractivity contribution < 1.29 is 9.18 Å². The molecule has 0 aliphatic carbocycles. The summed E-state index contributed by atoms with van der Waals surface area (Å²) in [6, 6.07) is 12.6. The summed E-state index contributed by atoms with van der Waals surface area (Å²) in [5.74, 6) is -0.740. The van der Waals surface area contributed by atoms with E-state index in [1.54, 1.807) is 11.0 Å². The minimum Gasteiger partial charge on any atom is -0.338 e. The van der Waals surface area contributed by atoms with Gasteiger partial charge in [0, 0.05) is 18.0 Å². The molecule has 0 fully saturated rings. The van der Waals surface area contributed by atoms with Crippen molar-refractivity contribution in [2.24, 2.45) is 0 Å². The summed E-state index contributed by atoms with van der Waals surface area (Å²) < 4.78 is 13.9. The summed E-state index contributed by atoms with van der Waals surface area (Å²) in [6.07, 6.45) is 1.62. The van der Waals surface area contributed by atoms with E-state index < -0.39 is 5.82 Å². The number of carbonyl (C=O) groups is 1. The van der Waals surface area contributed by atoms with Gasteiger partial charge in [-0.15, -0.1) is 12.6 Å². The fourth-order valence-corrected chi connectivity index (χ4v) is 2.92. The zero-order chi connectivity index (χ0) is 14.8. The number of rotatable bonds is 1. The molecule has 0 unspecified atom stereocenters. The number of halogens is 1. The van der Waals surface area contributed by atoms with Gasteiger partial charge in [-0.25, -0.2) is 4.39 Å². The van der Waals surface area contributed by atoms with Crippen LogP contribution in [0.1, 0.15) is 21.5 Å². The summed E-state index contributed by atoms with van der Waals surface area (Å²) in [6.45, 7) is 1.23. The molecular weight excluding hydrogens is 285 g/mol. The molecule has 4 heteroatoms. The van der Waals surface area contributed by atoms with Crippen LogP contribution in [-0.4, -0.2) is 23.9 Å². The first kappa shape index (κ1) is 14.1. The van der Waals surface area contributed by atoms with Crippen LogP contribution in [0, 0.1) is 5.82 Å². The lowest BCUT2D eigenvalue weighted by atomic mass is 10.0. The predicted molar refractivity (Wildman–Crippen MR) is 83.4 cm³/mol. The molecule has 2 aromatic carbocycles. The Balaban J connectivity index is 1.82. The molecule has 0 bridgehead atoms. The molecule has 2 nitrogen and oxygen atoms in total. The molecule has 0 N–H and O–H groups in total. The topological polar surface area (TPSA) is 20.3 Å². The maximum absolute atomic E-state index is 13.9.